The molecule has 1 rings (SSSR count). The van der Waals surface area contributed by atoms with Gasteiger partial charge in [0.2, 0.25) is 0 Å². The molecular formula is C14H21N3O2. The van der Waals surface area contributed by atoms with Gasteiger partial charge in [-0.3, -0.25) is 9.59 Å². The number of hydrogen-bond acceptors (Lipinski definition) is 3. The van der Waals surface area contributed by atoms with Crippen LogP contribution in [0.4, 0.5) is 5.82 Å². The topological polar surface area (TPSA) is 62.3 Å². The first-order chi connectivity index (χ1) is 9.08. The van der Waals surface area contributed by atoms with Gasteiger partial charge >= 0.3 is 11.8 Å². The number of carbonyl (C=O) groups excluding carboxylic acids is 2. The molecule has 2 amide bonds. The SMILES string of the molecule is CCCN(CCC)C(=O)C(=O)Nc1cc(C)ccn1. The Balaban J connectivity index is 2.68. The number of anilines is 1. The molecule has 0 aliphatic rings. The number of aromatic nitrogens is 1. The van der Waals surface area contributed by atoms with Crippen molar-refractivity contribution in [2.45, 2.75) is 33.6 Å². The third-order valence-electron chi connectivity index (χ3n) is 2.63. The summed E-state index contributed by atoms with van der Waals surface area (Å²) in [5.74, 6) is -0.710. The van der Waals surface area contributed by atoms with Gasteiger partial charge < -0.3 is 10.2 Å². The van der Waals surface area contributed by atoms with Gasteiger partial charge in [0.15, 0.2) is 0 Å². The quantitative estimate of drug-likeness (QED) is 0.826. The molecule has 0 spiro atoms. The predicted molar refractivity (Wildman–Crippen MR) is 74.8 cm³/mol. The molecule has 0 aliphatic heterocycles. The Kier molecular flexibility index (Phi) is 5.99. The van der Waals surface area contributed by atoms with Crippen LogP contribution in [0.2, 0.25) is 0 Å². The van der Waals surface area contributed by atoms with Crippen molar-refractivity contribution in [3.63, 3.8) is 0 Å². The molecule has 0 aromatic carbocycles. The number of nitrogens with one attached hydrogen (secondary N) is 1. The van der Waals surface area contributed by atoms with E-state index < -0.39 is 11.8 Å². The first-order valence-corrected chi connectivity index (χ1v) is 6.61. The van der Waals surface area contributed by atoms with Gasteiger partial charge in [0.1, 0.15) is 5.82 Å². The maximum Gasteiger partial charge on any atom is 0.315 e. The molecule has 0 aliphatic carbocycles. The first-order valence-electron chi connectivity index (χ1n) is 6.61. The zero-order chi connectivity index (χ0) is 14.3. The van der Waals surface area contributed by atoms with Gasteiger partial charge in [-0.15, -0.1) is 0 Å². The van der Waals surface area contributed by atoms with E-state index in [0.717, 1.165) is 18.4 Å². The summed E-state index contributed by atoms with van der Waals surface area (Å²) < 4.78 is 0. The van der Waals surface area contributed by atoms with Crippen molar-refractivity contribution in [1.82, 2.24) is 9.88 Å². The maximum atomic E-state index is 12.0. The summed E-state index contributed by atoms with van der Waals surface area (Å²) in [6.45, 7) is 7.06. The lowest BCUT2D eigenvalue weighted by atomic mass is 10.3. The number of amides is 2. The summed E-state index contributed by atoms with van der Waals surface area (Å²) in [6, 6.07) is 3.56. The lowest BCUT2D eigenvalue weighted by molar-refractivity contribution is -0.143. The molecule has 1 heterocycles. The third kappa shape index (κ3) is 4.69. The highest BCUT2D eigenvalue weighted by Gasteiger charge is 2.20. The van der Waals surface area contributed by atoms with Crippen molar-refractivity contribution in [2.75, 3.05) is 18.4 Å². The van der Waals surface area contributed by atoms with E-state index in [9.17, 15) is 9.59 Å². The zero-order valence-electron chi connectivity index (χ0n) is 11.8. The molecule has 5 nitrogen and oxygen atoms in total. The van der Waals surface area contributed by atoms with Crippen molar-refractivity contribution in [3.05, 3.63) is 23.9 Å². The van der Waals surface area contributed by atoms with Crippen LogP contribution in [0.25, 0.3) is 0 Å². The Bertz CT molecular complexity index is 440. The van der Waals surface area contributed by atoms with E-state index in [1.807, 2.05) is 26.8 Å². The fourth-order valence-electron chi connectivity index (χ4n) is 1.77. The summed E-state index contributed by atoms with van der Waals surface area (Å²) in [5, 5.41) is 2.54. The van der Waals surface area contributed by atoms with Gasteiger partial charge in [-0.1, -0.05) is 13.8 Å². The van der Waals surface area contributed by atoms with Crippen LogP contribution in [0.5, 0.6) is 0 Å². The van der Waals surface area contributed by atoms with Gasteiger partial charge in [0, 0.05) is 19.3 Å². The Hall–Kier alpha value is -1.91. The van der Waals surface area contributed by atoms with Gasteiger partial charge in [-0.2, -0.15) is 0 Å². The standard InChI is InChI=1S/C14H21N3O2/c1-4-8-17(9-5-2)14(19)13(18)16-12-10-11(3)6-7-15-12/h6-7,10H,4-5,8-9H2,1-3H3,(H,15,16,18). The van der Waals surface area contributed by atoms with E-state index in [4.69, 9.17) is 0 Å². The van der Waals surface area contributed by atoms with E-state index >= 15 is 0 Å². The van der Waals surface area contributed by atoms with Crippen LogP contribution in [0, 0.1) is 6.92 Å². The molecule has 0 unspecified atom stereocenters. The second-order valence-electron chi connectivity index (χ2n) is 4.46. The van der Waals surface area contributed by atoms with Crippen molar-refractivity contribution in [3.8, 4) is 0 Å². The van der Waals surface area contributed by atoms with E-state index in [0.29, 0.717) is 18.9 Å². The number of rotatable bonds is 5. The summed E-state index contributed by atoms with van der Waals surface area (Å²) in [5.41, 5.74) is 0.983. The molecule has 19 heavy (non-hydrogen) atoms. The Morgan fingerprint density at radius 1 is 1.26 bits per heavy atom. The minimum Gasteiger partial charge on any atom is -0.334 e. The van der Waals surface area contributed by atoms with Crippen LogP contribution < -0.4 is 5.32 Å². The molecule has 0 saturated carbocycles. The molecule has 0 fully saturated rings. The lowest BCUT2D eigenvalue weighted by Gasteiger charge is -2.20. The average Bonchev–Trinajstić information content (AvgIpc) is 2.37. The molecule has 104 valence electrons. The number of hydrogen-bond donors (Lipinski definition) is 1. The third-order valence-corrected chi connectivity index (χ3v) is 2.63. The second kappa shape index (κ2) is 7.51. The molecule has 5 heteroatoms. The van der Waals surface area contributed by atoms with Crippen LogP contribution in [0.3, 0.4) is 0 Å². The monoisotopic (exact) mass is 263 g/mol. The highest BCUT2D eigenvalue weighted by Crippen LogP contribution is 2.06. The van der Waals surface area contributed by atoms with E-state index in [1.165, 1.54) is 0 Å². The number of aryl methyl sites for hydroxylation is 1. The minimum atomic E-state index is -0.625. The Morgan fingerprint density at radius 3 is 2.42 bits per heavy atom. The second-order valence-corrected chi connectivity index (χ2v) is 4.46. The van der Waals surface area contributed by atoms with E-state index in [1.54, 1.807) is 17.2 Å². The number of nitrogens with zero attached hydrogens (tertiary/aromatic N) is 2. The fraction of sp³-hybridized carbons (Fsp3) is 0.500. The maximum absolute atomic E-state index is 12.0. The summed E-state index contributed by atoms with van der Waals surface area (Å²) in [6.07, 6.45) is 3.27. The van der Waals surface area contributed by atoms with Crippen molar-refractivity contribution < 1.29 is 9.59 Å². The highest BCUT2D eigenvalue weighted by molar-refractivity contribution is 6.39. The summed E-state index contributed by atoms with van der Waals surface area (Å²) in [4.78, 5) is 29.5. The molecule has 0 radical (unpaired) electrons. The van der Waals surface area contributed by atoms with Crippen LogP contribution in [0.1, 0.15) is 32.3 Å². The minimum absolute atomic E-state index is 0.409. The highest BCUT2D eigenvalue weighted by atomic mass is 16.2. The van der Waals surface area contributed by atoms with E-state index in [2.05, 4.69) is 10.3 Å². The van der Waals surface area contributed by atoms with Crippen molar-refractivity contribution in [2.24, 2.45) is 0 Å². The summed E-state index contributed by atoms with van der Waals surface area (Å²) >= 11 is 0. The molecule has 0 bridgehead atoms. The average molecular weight is 263 g/mol. The number of carbonyl (C=O) groups is 2. The fourth-order valence-corrected chi connectivity index (χ4v) is 1.77. The van der Waals surface area contributed by atoms with Crippen molar-refractivity contribution in [1.29, 1.82) is 0 Å². The van der Waals surface area contributed by atoms with Crippen LogP contribution >= 0.6 is 0 Å². The normalized spacial score (nSPS) is 10.1. The Morgan fingerprint density at radius 2 is 1.89 bits per heavy atom. The van der Waals surface area contributed by atoms with Crippen LogP contribution in [-0.2, 0) is 9.59 Å². The Labute approximate surface area is 114 Å². The lowest BCUT2D eigenvalue weighted by Crippen LogP contribution is -2.40. The molecule has 1 aromatic heterocycles. The molecule has 0 saturated heterocycles. The van der Waals surface area contributed by atoms with Crippen molar-refractivity contribution >= 4 is 17.6 Å². The predicted octanol–water partition coefficient (Wildman–Crippen LogP) is 1.98. The van der Waals surface area contributed by atoms with Gasteiger partial charge in [-0.05, 0) is 37.5 Å². The molecule has 1 N–H and O–H groups in total. The molecule has 1 aromatic rings. The molecule has 0 atom stereocenters. The molecular weight excluding hydrogens is 242 g/mol. The van der Waals surface area contributed by atoms with Crippen LogP contribution in [-0.4, -0.2) is 34.8 Å². The largest absolute Gasteiger partial charge is 0.334 e. The van der Waals surface area contributed by atoms with Gasteiger partial charge in [0.05, 0.1) is 0 Å². The number of pyridine rings is 1. The van der Waals surface area contributed by atoms with Gasteiger partial charge in [-0.25, -0.2) is 4.98 Å². The smallest absolute Gasteiger partial charge is 0.315 e. The first kappa shape index (κ1) is 15.1. The van der Waals surface area contributed by atoms with Gasteiger partial charge in [0.25, 0.3) is 0 Å². The van der Waals surface area contributed by atoms with E-state index in [-0.39, 0.29) is 0 Å². The summed E-state index contributed by atoms with van der Waals surface area (Å²) in [7, 11) is 0. The zero-order valence-corrected chi connectivity index (χ0v) is 11.8. The van der Waals surface area contributed by atoms with Crippen LogP contribution in [0.15, 0.2) is 18.3 Å².